The Labute approximate surface area is 157 Å². The predicted molar refractivity (Wildman–Crippen MR) is 103 cm³/mol. The van der Waals surface area contributed by atoms with Crippen LogP contribution in [0.5, 0.6) is 11.5 Å². The van der Waals surface area contributed by atoms with Gasteiger partial charge in [0.05, 0.1) is 12.3 Å². The Morgan fingerprint density at radius 3 is 2.74 bits per heavy atom. The monoisotopic (exact) mass is 368 g/mol. The zero-order chi connectivity index (χ0) is 19.2. The fourth-order valence-corrected chi connectivity index (χ4v) is 2.60. The third-order valence-corrected chi connectivity index (χ3v) is 3.96. The first-order chi connectivity index (χ1) is 13.1. The molecule has 5 nitrogen and oxygen atoms in total. The number of aromatic nitrogens is 1. The fourth-order valence-electron chi connectivity index (χ4n) is 2.60. The molecule has 2 aromatic carbocycles. The Kier molecular flexibility index (Phi) is 5.86. The Bertz CT molecular complexity index is 946. The highest BCUT2D eigenvalue weighted by Crippen LogP contribution is 2.30. The molecule has 27 heavy (non-hydrogen) atoms. The summed E-state index contributed by atoms with van der Waals surface area (Å²) in [4.78, 5) is 16.9. The second-order valence-electron chi connectivity index (χ2n) is 6.04. The second kappa shape index (κ2) is 8.49. The molecular formula is C21H21FN2O3. The lowest BCUT2D eigenvalue weighted by Gasteiger charge is -2.17. The van der Waals surface area contributed by atoms with E-state index >= 15 is 0 Å². The van der Waals surface area contributed by atoms with E-state index in [1.54, 1.807) is 43.5 Å². The third-order valence-electron chi connectivity index (χ3n) is 3.96. The van der Waals surface area contributed by atoms with Crippen LogP contribution in [-0.4, -0.2) is 23.6 Å². The molecule has 1 heterocycles. The number of nitrogens with zero attached hydrogens (tertiary/aromatic N) is 1. The molecule has 0 aliphatic heterocycles. The summed E-state index contributed by atoms with van der Waals surface area (Å²) in [5.74, 6) is -0.189. The van der Waals surface area contributed by atoms with Gasteiger partial charge in [-0.3, -0.25) is 9.78 Å². The van der Waals surface area contributed by atoms with Gasteiger partial charge in [0, 0.05) is 11.6 Å². The van der Waals surface area contributed by atoms with Crippen LogP contribution in [0.4, 0.5) is 10.1 Å². The number of amides is 1. The van der Waals surface area contributed by atoms with E-state index in [4.69, 9.17) is 9.47 Å². The number of fused-ring (bicyclic) bond motifs is 1. The Balaban J connectivity index is 1.79. The quantitative estimate of drug-likeness (QED) is 0.664. The standard InChI is InChI=1S/C21H21FN2O3/c1-3-13-26-19-11-10-17(15-7-6-12-23-20(15)19)24-21(25)14(2)27-18-9-5-4-8-16(18)22/h4-12,14H,3,13H2,1-2H3,(H,24,25)/t14-/m0/s1. The molecule has 3 rings (SSSR count). The normalized spacial score (nSPS) is 11.8. The first-order valence-corrected chi connectivity index (χ1v) is 8.82. The molecule has 0 aliphatic carbocycles. The molecule has 1 N–H and O–H groups in total. The summed E-state index contributed by atoms with van der Waals surface area (Å²) in [7, 11) is 0. The fraction of sp³-hybridized carbons (Fsp3) is 0.238. The number of hydrogen-bond donors (Lipinski definition) is 1. The van der Waals surface area contributed by atoms with Crippen LogP contribution >= 0.6 is 0 Å². The average molecular weight is 368 g/mol. The van der Waals surface area contributed by atoms with E-state index in [9.17, 15) is 9.18 Å². The molecule has 0 aliphatic rings. The van der Waals surface area contributed by atoms with Gasteiger partial charge in [0.25, 0.3) is 5.91 Å². The Hall–Kier alpha value is -3.15. The number of hydrogen-bond acceptors (Lipinski definition) is 4. The number of nitrogens with one attached hydrogen (secondary N) is 1. The SMILES string of the molecule is CCCOc1ccc(NC(=O)[C@H](C)Oc2ccccc2F)c2cccnc12. The molecule has 0 unspecified atom stereocenters. The number of benzene rings is 2. The van der Waals surface area contributed by atoms with E-state index in [0.29, 0.717) is 23.6 Å². The number of carbonyl (C=O) groups is 1. The van der Waals surface area contributed by atoms with Gasteiger partial charge in [0.15, 0.2) is 17.7 Å². The summed E-state index contributed by atoms with van der Waals surface area (Å²) in [5, 5.41) is 3.59. The maximum absolute atomic E-state index is 13.7. The number of halogens is 1. The van der Waals surface area contributed by atoms with Crippen molar-refractivity contribution in [3.8, 4) is 11.5 Å². The van der Waals surface area contributed by atoms with Gasteiger partial charge in [-0.1, -0.05) is 19.1 Å². The van der Waals surface area contributed by atoms with Crippen LogP contribution in [0.1, 0.15) is 20.3 Å². The highest BCUT2D eigenvalue weighted by molar-refractivity contribution is 6.04. The van der Waals surface area contributed by atoms with Crippen LogP contribution in [0.3, 0.4) is 0 Å². The van der Waals surface area contributed by atoms with Crippen LogP contribution in [-0.2, 0) is 4.79 Å². The molecule has 1 amide bonds. The molecule has 0 radical (unpaired) electrons. The van der Waals surface area contributed by atoms with Gasteiger partial charge in [-0.15, -0.1) is 0 Å². The molecule has 1 atom stereocenters. The maximum Gasteiger partial charge on any atom is 0.265 e. The number of ether oxygens (including phenoxy) is 2. The lowest BCUT2D eigenvalue weighted by atomic mass is 10.1. The maximum atomic E-state index is 13.7. The zero-order valence-electron chi connectivity index (χ0n) is 15.2. The first kappa shape index (κ1) is 18.6. The van der Waals surface area contributed by atoms with Crippen molar-refractivity contribution in [1.82, 2.24) is 4.98 Å². The van der Waals surface area contributed by atoms with Crippen LogP contribution < -0.4 is 14.8 Å². The molecular weight excluding hydrogens is 347 g/mol. The third kappa shape index (κ3) is 4.34. The average Bonchev–Trinajstić information content (AvgIpc) is 2.69. The van der Waals surface area contributed by atoms with Gasteiger partial charge in [-0.05, 0) is 49.7 Å². The summed E-state index contributed by atoms with van der Waals surface area (Å²) in [6.45, 7) is 4.19. The van der Waals surface area contributed by atoms with Crippen molar-refractivity contribution >= 4 is 22.5 Å². The van der Waals surface area contributed by atoms with E-state index in [0.717, 1.165) is 11.8 Å². The van der Waals surface area contributed by atoms with E-state index in [-0.39, 0.29) is 11.7 Å². The summed E-state index contributed by atoms with van der Waals surface area (Å²) in [6.07, 6.45) is 1.69. The number of pyridine rings is 1. The topological polar surface area (TPSA) is 60.5 Å². The molecule has 0 saturated heterocycles. The highest BCUT2D eigenvalue weighted by atomic mass is 19.1. The van der Waals surface area contributed by atoms with E-state index in [1.807, 2.05) is 13.0 Å². The summed E-state index contributed by atoms with van der Waals surface area (Å²) in [5.41, 5.74) is 1.27. The predicted octanol–water partition coefficient (Wildman–Crippen LogP) is 4.57. The summed E-state index contributed by atoms with van der Waals surface area (Å²) < 4.78 is 24.9. The van der Waals surface area contributed by atoms with Crippen molar-refractivity contribution in [3.05, 3.63) is 60.5 Å². The summed E-state index contributed by atoms with van der Waals surface area (Å²) in [6, 6.07) is 13.2. The van der Waals surface area contributed by atoms with Crippen molar-refractivity contribution < 1.29 is 18.7 Å². The number of rotatable bonds is 7. The molecule has 3 aromatic rings. The largest absolute Gasteiger partial charge is 0.491 e. The van der Waals surface area contributed by atoms with Gasteiger partial charge >= 0.3 is 0 Å². The molecule has 0 saturated carbocycles. The van der Waals surface area contributed by atoms with Crippen molar-refractivity contribution in [2.45, 2.75) is 26.4 Å². The minimum Gasteiger partial charge on any atom is -0.491 e. The second-order valence-corrected chi connectivity index (χ2v) is 6.04. The minimum absolute atomic E-state index is 0.0370. The van der Waals surface area contributed by atoms with E-state index in [1.165, 1.54) is 12.1 Å². The van der Waals surface area contributed by atoms with Gasteiger partial charge in [0.1, 0.15) is 11.3 Å². The van der Waals surface area contributed by atoms with Gasteiger partial charge in [-0.25, -0.2) is 4.39 Å². The molecule has 1 aromatic heterocycles. The van der Waals surface area contributed by atoms with Crippen LogP contribution in [0.15, 0.2) is 54.7 Å². The van der Waals surface area contributed by atoms with Crippen LogP contribution in [0, 0.1) is 5.82 Å². The lowest BCUT2D eigenvalue weighted by Crippen LogP contribution is -2.30. The number of para-hydroxylation sites is 1. The number of carbonyl (C=O) groups excluding carboxylic acids is 1. The van der Waals surface area contributed by atoms with Gasteiger partial charge in [0.2, 0.25) is 0 Å². The molecule has 140 valence electrons. The van der Waals surface area contributed by atoms with E-state index in [2.05, 4.69) is 10.3 Å². The minimum atomic E-state index is -0.871. The van der Waals surface area contributed by atoms with E-state index < -0.39 is 11.9 Å². The van der Waals surface area contributed by atoms with Crippen LogP contribution in [0.25, 0.3) is 10.9 Å². The molecule has 0 bridgehead atoms. The van der Waals surface area contributed by atoms with Crippen molar-refractivity contribution in [2.75, 3.05) is 11.9 Å². The Morgan fingerprint density at radius 2 is 1.96 bits per heavy atom. The molecule has 0 spiro atoms. The van der Waals surface area contributed by atoms with Crippen molar-refractivity contribution in [1.29, 1.82) is 0 Å². The first-order valence-electron chi connectivity index (χ1n) is 8.82. The number of anilines is 1. The summed E-state index contributed by atoms with van der Waals surface area (Å²) >= 11 is 0. The van der Waals surface area contributed by atoms with Gasteiger partial charge in [-0.2, -0.15) is 0 Å². The van der Waals surface area contributed by atoms with Crippen molar-refractivity contribution in [2.24, 2.45) is 0 Å². The van der Waals surface area contributed by atoms with Crippen molar-refractivity contribution in [3.63, 3.8) is 0 Å². The van der Waals surface area contributed by atoms with Gasteiger partial charge < -0.3 is 14.8 Å². The Morgan fingerprint density at radius 1 is 1.15 bits per heavy atom. The zero-order valence-corrected chi connectivity index (χ0v) is 15.2. The molecule has 0 fully saturated rings. The van der Waals surface area contributed by atoms with Crippen LogP contribution in [0.2, 0.25) is 0 Å². The molecule has 6 heteroatoms. The highest BCUT2D eigenvalue weighted by Gasteiger charge is 2.18. The smallest absolute Gasteiger partial charge is 0.265 e. The lowest BCUT2D eigenvalue weighted by molar-refractivity contribution is -0.122.